The zero-order chi connectivity index (χ0) is 12.8. The van der Waals surface area contributed by atoms with Gasteiger partial charge in [0, 0.05) is 30.3 Å². The Bertz CT molecular complexity index is 367. The third kappa shape index (κ3) is 3.95. The van der Waals surface area contributed by atoms with Crippen LogP contribution in [-0.2, 0) is 4.74 Å². The molecule has 0 saturated carbocycles. The summed E-state index contributed by atoms with van der Waals surface area (Å²) in [6.07, 6.45) is 1.72. The minimum atomic E-state index is -0.543. The molecule has 2 rings (SSSR count). The molecule has 2 atom stereocenters. The highest BCUT2D eigenvalue weighted by Crippen LogP contribution is 2.22. The first-order chi connectivity index (χ1) is 8.77. The average Bonchev–Trinajstić information content (AvgIpc) is 2.88. The van der Waals surface area contributed by atoms with E-state index in [2.05, 4.69) is 5.32 Å². The fourth-order valence-electron chi connectivity index (χ4n) is 2.21. The predicted octanol–water partition coefficient (Wildman–Crippen LogP) is 2.39. The SMILES string of the molecule is OC(CNCCC1CCOC1)c1ccccc1Cl. The van der Waals surface area contributed by atoms with Crippen molar-refractivity contribution in [2.45, 2.75) is 18.9 Å². The van der Waals surface area contributed by atoms with Crippen molar-refractivity contribution >= 4 is 11.6 Å². The zero-order valence-electron chi connectivity index (χ0n) is 10.4. The Hall–Kier alpha value is -0.610. The lowest BCUT2D eigenvalue weighted by Crippen LogP contribution is -2.24. The molecule has 1 aromatic rings. The Morgan fingerprint density at radius 3 is 3.00 bits per heavy atom. The summed E-state index contributed by atoms with van der Waals surface area (Å²) in [6, 6.07) is 7.42. The van der Waals surface area contributed by atoms with Gasteiger partial charge in [0.2, 0.25) is 0 Å². The minimum Gasteiger partial charge on any atom is -0.387 e. The topological polar surface area (TPSA) is 41.5 Å². The smallest absolute Gasteiger partial charge is 0.0928 e. The number of nitrogens with one attached hydrogen (secondary N) is 1. The van der Waals surface area contributed by atoms with Crippen LogP contribution in [0.4, 0.5) is 0 Å². The van der Waals surface area contributed by atoms with E-state index in [0.29, 0.717) is 17.5 Å². The maximum Gasteiger partial charge on any atom is 0.0928 e. The van der Waals surface area contributed by atoms with Gasteiger partial charge in [0.05, 0.1) is 6.10 Å². The molecule has 1 aromatic carbocycles. The molecule has 4 heteroatoms. The molecule has 0 radical (unpaired) electrons. The molecule has 1 heterocycles. The van der Waals surface area contributed by atoms with E-state index >= 15 is 0 Å². The first-order valence-corrected chi connectivity index (χ1v) is 6.86. The van der Waals surface area contributed by atoms with Crippen LogP contribution in [0.1, 0.15) is 24.5 Å². The van der Waals surface area contributed by atoms with E-state index in [-0.39, 0.29) is 0 Å². The number of benzene rings is 1. The van der Waals surface area contributed by atoms with E-state index < -0.39 is 6.10 Å². The highest BCUT2D eigenvalue weighted by molar-refractivity contribution is 6.31. The molecule has 0 amide bonds. The van der Waals surface area contributed by atoms with Crippen LogP contribution >= 0.6 is 11.6 Å². The predicted molar refractivity (Wildman–Crippen MR) is 72.8 cm³/mol. The third-order valence-electron chi connectivity index (χ3n) is 3.36. The summed E-state index contributed by atoms with van der Waals surface area (Å²) in [5.74, 6) is 0.676. The van der Waals surface area contributed by atoms with Gasteiger partial charge >= 0.3 is 0 Å². The summed E-state index contributed by atoms with van der Waals surface area (Å²) >= 11 is 6.03. The largest absolute Gasteiger partial charge is 0.387 e. The summed E-state index contributed by atoms with van der Waals surface area (Å²) in [7, 11) is 0. The molecule has 3 nitrogen and oxygen atoms in total. The number of halogens is 1. The third-order valence-corrected chi connectivity index (χ3v) is 3.70. The van der Waals surface area contributed by atoms with Crippen LogP contribution in [0, 0.1) is 5.92 Å². The lowest BCUT2D eigenvalue weighted by Gasteiger charge is -2.14. The van der Waals surface area contributed by atoms with Gasteiger partial charge in [-0.1, -0.05) is 29.8 Å². The van der Waals surface area contributed by atoms with Crippen LogP contribution in [0.15, 0.2) is 24.3 Å². The van der Waals surface area contributed by atoms with Crippen LogP contribution < -0.4 is 5.32 Å². The van der Waals surface area contributed by atoms with Crippen molar-refractivity contribution in [3.63, 3.8) is 0 Å². The summed E-state index contributed by atoms with van der Waals surface area (Å²) in [6.45, 7) is 3.23. The second-order valence-corrected chi connectivity index (χ2v) is 5.17. The van der Waals surface area contributed by atoms with E-state index in [1.165, 1.54) is 0 Å². The number of rotatable bonds is 6. The minimum absolute atomic E-state index is 0.539. The second kappa shape index (κ2) is 7.10. The molecule has 100 valence electrons. The number of ether oxygens (including phenoxy) is 1. The van der Waals surface area contributed by atoms with Gasteiger partial charge in [0.25, 0.3) is 0 Å². The molecule has 2 unspecified atom stereocenters. The lowest BCUT2D eigenvalue weighted by atomic mass is 10.1. The van der Waals surface area contributed by atoms with E-state index in [9.17, 15) is 5.11 Å². The number of hydrogen-bond donors (Lipinski definition) is 2. The highest BCUT2D eigenvalue weighted by atomic mass is 35.5. The van der Waals surface area contributed by atoms with E-state index in [1.807, 2.05) is 18.2 Å². The molecule has 18 heavy (non-hydrogen) atoms. The Balaban J connectivity index is 1.68. The first kappa shape index (κ1) is 13.8. The van der Waals surface area contributed by atoms with Crippen molar-refractivity contribution in [1.82, 2.24) is 5.32 Å². The fourth-order valence-corrected chi connectivity index (χ4v) is 2.47. The van der Waals surface area contributed by atoms with Crippen LogP contribution in [0.3, 0.4) is 0 Å². The monoisotopic (exact) mass is 269 g/mol. The van der Waals surface area contributed by atoms with Gasteiger partial charge < -0.3 is 15.2 Å². The lowest BCUT2D eigenvalue weighted by molar-refractivity contribution is 0.171. The normalized spacial score (nSPS) is 21.1. The van der Waals surface area contributed by atoms with E-state index in [0.717, 1.165) is 38.2 Å². The standard InChI is InChI=1S/C14H20ClNO2/c15-13-4-2-1-3-12(13)14(17)9-16-7-5-11-6-8-18-10-11/h1-4,11,14,16-17H,5-10H2. The second-order valence-electron chi connectivity index (χ2n) is 4.76. The molecule has 1 fully saturated rings. The van der Waals surface area contributed by atoms with E-state index in [1.54, 1.807) is 6.07 Å². The van der Waals surface area contributed by atoms with Gasteiger partial charge in [-0.05, 0) is 31.4 Å². The maximum absolute atomic E-state index is 10.0. The van der Waals surface area contributed by atoms with Crippen molar-refractivity contribution in [2.75, 3.05) is 26.3 Å². The van der Waals surface area contributed by atoms with Gasteiger partial charge in [0.15, 0.2) is 0 Å². The summed E-state index contributed by atoms with van der Waals surface area (Å²) in [5.41, 5.74) is 0.788. The molecule has 0 bridgehead atoms. The van der Waals surface area contributed by atoms with Crippen molar-refractivity contribution < 1.29 is 9.84 Å². The molecular weight excluding hydrogens is 250 g/mol. The quantitative estimate of drug-likeness (QED) is 0.779. The molecule has 1 saturated heterocycles. The molecule has 0 aliphatic carbocycles. The van der Waals surface area contributed by atoms with Crippen molar-refractivity contribution in [1.29, 1.82) is 0 Å². The Kier molecular flexibility index (Phi) is 5.45. The molecular formula is C14H20ClNO2. The Morgan fingerprint density at radius 2 is 2.28 bits per heavy atom. The molecule has 0 spiro atoms. The summed E-state index contributed by atoms with van der Waals surface area (Å²) < 4.78 is 5.33. The van der Waals surface area contributed by atoms with Crippen molar-refractivity contribution in [3.8, 4) is 0 Å². The van der Waals surface area contributed by atoms with Gasteiger partial charge in [0.1, 0.15) is 0 Å². The maximum atomic E-state index is 10.0. The van der Waals surface area contributed by atoms with Gasteiger partial charge in [-0.2, -0.15) is 0 Å². The van der Waals surface area contributed by atoms with Gasteiger partial charge in [-0.25, -0.2) is 0 Å². The van der Waals surface area contributed by atoms with Crippen LogP contribution in [0.2, 0.25) is 5.02 Å². The summed E-state index contributed by atoms with van der Waals surface area (Å²) in [4.78, 5) is 0. The van der Waals surface area contributed by atoms with Crippen LogP contribution in [-0.4, -0.2) is 31.4 Å². The Labute approximate surface area is 113 Å². The number of aliphatic hydroxyl groups is 1. The zero-order valence-corrected chi connectivity index (χ0v) is 11.2. The fraction of sp³-hybridized carbons (Fsp3) is 0.571. The van der Waals surface area contributed by atoms with E-state index in [4.69, 9.17) is 16.3 Å². The number of hydrogen-bond acceptors (Lipinski definition) is 3. The molecule has 2 N–H and O–H groups in total. The first-order valence-electron chi connectivity index (χ1n) is 6.48. The molecule has 1 aliphatic rings. The van der Waals surface area contributed by atoms with Crippen molar-refractivity contribution in [2.24, 2.45) is 5.92 Å². The van der Waals surface area contributed by atoms with Crippen molar-refractivity contribution in [3.05, 3.63) is 34.9 Å². The number of aliphatic hydroxyl groups excluding tert-OH is 1. The molecule has 0 aromatic heterocycles. The van der Waals surface area contributed by atoms with Gasteiger partial charge in [-0.3, -0.25) is 0 Å². The summed E-state index contributed by atoms with van der Waals surface area (Å²) in [5, 5.41) is 13.9. The highest BCUT2D eigenvalue weighted by Gasteiger charge is 2.15. The van der Waals surface area contributed by atoms with Gasteiger partial charge in [-0.15, -0.1) is 0 Å². The van der Waals surface area contributed by atoms with Crippen LogP contribution in [0.5, 0.6) is 0 Å². The Morgan fingerprint density at radius 1 is 1.44 bits per heavy atom. The van der Waals surface area contributed by atoms with Crippen LogP contribution in [0.25, 0.3) is 0 Å². The molecule has 1 aliphatic heterocycles. The average molecular weight is 270 g/mol.